The number of carbonyl (C=O) groups is 2. The van der Waals surface area contributed by atoms with E-state index in [4.69, 9.17) is 15.3 Å². The maximum Gasteiger partial charge on any atom is 0.264 e. The van der Waals surface area contributed by atoms with Crippen LogP contribution in [0, 0.1) is 6.88 Å². The lowest BCUT2D eigenvalue weighted by Gasteiger charge is -2.24. The first-order chi connectivity index (χ1) is 12.9. The Labute approximate surface area is 130 Å². The van der Waals surface area contributed by atoms with Crippen LogP contribution in [0.25, 0.3) is 10.9 Å². The largest absolute Gasteiger partial charge is 0.398 e. The van der Waals surface area contributed by atoms with E-state index < -0.39 is 55.0 Å². The number of fused-ring (bicyclic) bond motifs is 1. The molecule has 1 aromatic heterocycles. The molecule has 0 radical (unpaired) electrons. The maximum atomic E-state index is 13.2. The summed E-state index contributed by atoms with van der Waals surface area (Å²) in [7, 11) is 0. The highest BCUT2D eigenvalue weighted by Crippen LogP contribution is 2.24. The fraction of sp³-hybridized carbons (Fsp3) is 0.333. The Morgan fingerprint density at radius 3 is 3.14 bits per heavy atom. The van der Waals surface area contributed by atoms with Gasteiger partial charge in [-0.3, -0.25) is 19.0 Å². The van der Waals surface area contributed by atoms with Gasteiger partial charge in [-0.15, -0.1) is 0 Å². The highest BCUT2D eigenvalue weighted by atomic mass is 16.2. The molecule has 2 N–H and O–H groups in total. The zero-order chi connectivity index (χ0) is 21.2. The summed E-state index contributed by atoms with van der Waals surface area (Å²) >= 11 is 0. The van der Waals surface area contributed by atoms with Crippen molar-refractivity contribution in [3.63, 3.8) is 0 Å². The summed E-state index contributed by atoms with van der Waals surface area (Å²) in [5, 5.41) is -0.370. The van der Waals surface area contributed by atoms with Gasteiger partial charge in [0.15, 0.2) is 5.78 Å². The summed E-state index contributed by atoms with van der Waals surface area (Å²) < 4.78 is 55.8. The Morgan fingerprint density at radius 2 is 2.38 bits per heavy atom. The molecule has 2 atom stereocenters. The molecule has 2 aromatic rings. The lowest BCUT2D eigenvalue weighted by molar-refractivity contribution is -0.132. The summed E-state index contributed by atoms with van der Waals surface area (Å²) in [6.45, 7) is -1.98. The minimum absolute atomic E-state index is 0.0832. The lowest BCUT2D eigenvalue weighted by atomic mass is 9.92. The number of aromatic nitrogens is 2. The molecule has 0 bridgehead atoms. The molecule has 21 heavy (non-hydrogen) atoms. The first kappa shape index (κ1) is 7.49. The fourth-order valence-corrected chi connectivity index (χ4v) is 2.14. The number of Topliss-reactive ketones (excluding diaryl/α,β-unsaturated/α-hetero) is 2. The summed E-state index contributed by atoms with van der Waals surface area (Å²) in [4.78, 5) is 41.5. The van der Waals surface area contributed by atoms with Crippen LogP contribution in [0.4, 0.5) is 5.69 Å². The number of hydrogen-bond donors (Lipinski definition) is 1. The second kappa shape index (κ2) is 4.80. The van der Waals surface area contributed by atoms with Crippen molar-refractivity contribution < 1.29 is 19.2 Å². The van der Waals surface area contributed by atoms with Crippen LogP contribution in [0.5, 0.6) is 0 Å². The Morgan fingerprint density at radius 1 is 1.57 bits per heavy atom. The molecule has 1 heterocycles. The number of carbonyl (C=O) groups excluding carboxylic acids is 2. The molecule has 108 valence electrons. The van der Waals surface area contributed by atoms with Gasteiger partial charge in [-0.05, 0) is 25.4 Å². The Hall–Kier alpha value is -2.50. The van der Waals surface area contributed by atoms with E-state index in [2.05, 4.69) is 4.98 Å². The van der Waals surface area contributed by atoms with Gasteiger partial charge < -0.3 is 5.73 Å². The van der Waals surface area contributed by atoms with E-state index in [1.165, 1.54) is 12.1 Å². The van der Waals surface area contributed by atoms with E-state index in [1.807, 2.05) is 0 Å². The first-order valence-electron chi connectivity index (χ1n) is 9.73. The first-order valence-corrected chi connectivity index (χ1v) is 6.00. The van der Waals surface area contributed by atoms with Crippen molar-refractivity contribution in [3.05, 3.63) is 34.4 Å². The molecule has 3 rings (SSSR count). The molecule has 6 nitrogen and oxygen atoms in total. The van der Waals surface area contributed by atoms with Crippen molar-refractivity contribution in [2.24, 2.45) is 0 Å². The minimum Gasteiger partial charge on any atom is -0.398 e. The number of nitrogen functional groups attached to an aromatic ring is 1. The van der Waals surface area contributed by atoms with Crippen molar-refractivity contribution in [3.8, 4) is 0 Å². The van der Waals surface area contributed by atoms with Crippen LogP contribution in [0.2, 0.25) is 0 Å². The molecule has 0 amide bonds. The average molecular weight is 292 g/mol. The van der Waals surface area contributed by atoms with Gasteiger partial charge in [0, 0.05) is 18.9 Å². The zero-order valence-corrected chi connectivity index (χ0v) is 10.7. The van der Waals surface area contributed by atoms with E-state index >= 15 is 0 Å². The summed E-state index contributed by atoms with van der Waals surface area (Å²) in [6.07, 6.45) is -6.22. The van der Waals surface area contributed by atoms with E-state index in [1.54, 1.807) is 0 Å². The standard InChI is InChI=1S/C15H15N3O3/c1-8-17-11-4-2-3-10(16)14(11)15(21)18(8)12-6-5-9(19)7-13(12)20/h2-4,12H,5-7,16H2,1H3/i1D2,3D,5D,6D2,12D. The van der Waals surface area contributed by atoms with Gasteiger partial charge in [0.2, 0.25) is 0 Å². The van der Waals surface area contributed by atoms with Crippen molar-refractivity contribution in [2.45, 2.75) is 32.1 Å². The fourth-order valence-electron chi connectivity index (χ4n) is 2.14. The van der Waals surface area contributed by atoms with Gasteiger partial charge in [0.05, 0.1) is 26.1 Å². The van der Waals surface area contributed by atoms with E-state index in [0.717, 1.165) is 0 Å². The number of nitrogens with zero attached hydrogens (tertiary/aromatic N) is 2. The Kier molecular flexibility index (Phi) is 1.71. The number of rotatable bonds is 1. The number of benzene rings is 1. The SMILES string of the molecule is [2H]c1ccc2nc(C([2H])[2H])n(C3([2H])C(=O)CC(=O)C([2H])C3([2H])[2H])c(=O)c2c1N. The monoisotopic (exact) mass is 292 g/mol. The molecular formula is C15H15N3O3. The summed E-state index contributed by atoms with van der Waals surface area (Å²) in [6, 6.07) is -0.868. The molecule has 1 saturated carbocycles. The van der Waals surface area contributed by atoms with Gasteiger partial charge >= 0.3 is 0 Å². The zero-order valence-electron chi connectivity index (χ0n) is 17.7. The molecule has 2 unspecified atom stereocenters. The van der Waals surface area contributed by atoms with Gasteiger partial charge in [0.25, 0.3) is 5.56 Å². The van der Waals surface area contributed by atoms with Crippen LogP contribution < -0.4 is 11.3 Å². The molecule has 1 aromatic carbocycles. The van der Waals surface area contributed by atoms with Gasteiger partial charge in [-0.1, -0.05) is 6.07 Å². The van der Waals surface area contributed by atoms with Crippen LogP contribution in [0.1, 0.15) is 40.6 Å². The normalized spacial score (nSPS) is 33.6. The number of hydrogen-bond acceptors (Lipinski definition) is 5. The van der Waals surface area contributed by atoms with E-state index in [-0.39, 0.29) is 27.2 Å². The maximum absolute atomic E-state index is 13.2. The molecule has 1 fully saturated rings. The Balaban J connectivity index is 2.51. The second-order valence-electron chi connectivity index (χ2n) is 4.47. The minimum atomic E-state index is -3.14. The third-order valence-electron chi connectivity index (χ3n) is 3.08. The molecule has 0 saturated heterocycles. The van der Waals surface area contributed by atoms with Crippen LogP contribution >= 0.6 is 0 Å². The Bertz CT molecular complexity index is 1080. The van der Waals surface area contributed by atoms with Gasteiger partial charge in [-0.2, -0.15) is 0 Å². The van der Waals surface area contributed by atoms with Gasteiger partial charge in [0.1, 0.15) is 11.6 Å². The third kappa shape index (κ3) is 2.12. The number of anilines is 1. The number of aryl methyl sites for hydroxylation is 1. The van der Waals surface area contributed by atoms with Crippen LogP contribution in [0.3, 0.4) is 0 Å². The number of ketones is 2. The quantitative estimate of drug-likeness (QED) is 0.628. The van der Waals surface area contributed by atoms with Gasteiger partial charge in [-0.25, -0.2) is 4.98 Å². The van der Waals surface area contributed by atoms with E-state index in [0.29, 0.717) is 0 Å². The molecule has 6 heteroatoms. The second-order valence-corrected chi connectivity index (χ2v) is 4.47. The predicted octanol–water partition coefficient (Wildman–Crippen LogP) is 1.15. The predicted molar refractivity (Wildman–Crippen MR) is 78.1 cm³/mol. The van der Waals surface area contributed by atoms with Crippen LogP contribution in [-0.2, 0) is 9.59 Å². The molecular weight excluding hydrogens is 270 g/mol. The van der Waals surface area contributed by atoms with Crippen LogP contribution in [-0.4, -0.2) is 21.1 Å². The highest BCUT2D eigenvalue weighted by molar-refractivity contribution is 6.03. The number of nitrogens with two attached hydrogens (primary N) is 1. The third-order valence-corrected chi connectivity index (χ3v) is 3.08. The molecule has 0 aliphatic heterocycles. The smallest absolute Gasteiger partial charge is 0.264 e. The van der Waals surface area contributed by atoms with Crippen molar-refractivity contribution in [1.29, 1.82) is 0 Å². The lowest BCUT2D eigenvalue weighted by Crippen LogP contribution is -2.36. The molecule has 1 aliphatic rings. The van der Waals surface area contributed by atoms with Crippen LogP contribution in [0.15, 0.2) is 23.0 Å². The topological polar surface area (TPSA) is 95.0 Å². The van der Waals surface area contributed by atoms with Crippen molar-refractivity contribution >= 4 is 28.2 Å². The highest BCUT2D eigenvalue weighted by Gasteiger charge is 2.30. The van der Waals surface area contributed by atoms with E-state index in [9.17, 15) is 14.4 Å². The average Bonchev–Trinajstić information content (AvgIpc) is 2.61. The van der Waals surface area contributed by atoms with Crippen molar-refractivity contribution in [1.82, 2.24) is 9.55 Å². The van der Waals surface area contributed by atoms with Crippen molar-refractivity contribution in [2.75, 3.05) is 5.73 Å². The molecule has 1 aliphatic carbocycles. The summed E-state index contributed by atoms with van der Waals surface area (Å²) in [5.41, 5.74) is 4.17. The summed E-state index contributed by atoms with van der Waals surface area (Å²) in [5.74, 6) is -3.04. The molecule has 0 spiro atoms.